The first-order valence-corrected chi connectivity index (χ1v) is 6.69. The number of carbonyl (C=O) groups excluding carboxylic acids is 1. The van der Waals surface area contributed by atoms with E-state index in [1.807, 2.05) is 0 Å². The van der Waals surface area contributed by atoms with Gasteiger partial charge in [0, 0.05) is 18.3 Å². The molecule has 1 aromatic rings. The summed E-state index contributed by atoms with van der Waals surface area (Å²) in [6, 6.07) is -0.568. The van der Waals surface area contributed by atoms with Crippen LogP contribution in [0.4, 0.5) is 0 Å². The third-order valence-corrected chi connectivity index (χ3v) is 2.67. The van der Waals surface area contributed by atoms with Crippen molar-refractivity contribution in [2.24, 2.45) is 0 Å². The van der Waals surface area contributed by atoms with Crippen molar-refractivity contribution in [2.45, 2.75) is 12.5 Å². The molecule has 5 N–H and O–H groups in total. The van der Waals surface area contributed by atoms with Crippen LogP contribution in [0.25, 0.3) is 0 Å². The number of nitrogens with zero attached hydrogens (tertiary/aromatic N) is 1. The lowest BCUT2D eigenvalue weighted by atomic mass is 10.1. The molecular weight excluding hydrogens is 247 g/mol. The Kier molecular flexibility index (Phi) is 4.83. The van der Waals surface area contributed by atoms with Gasteiger partial charge in [-0.1, -0.05) is 0 Å². The summed E-state index contributed by atoms with van der Waals surface area (Å²) >= 11 is 0. The standard InChI is InChI=1S/C8H15N4O4P/c1-9-7(2-6-3-10-4-11-6)8(13)12-5-17(14,15)16/h3-4,7,9H,2,5H2,1H3,(H,10,11)(H,12,13)(H2,14,15,16)/t7-/m0/s1. The predicted octanol–water partition coefficient (Wildman–Crippen LogP) is -1.21. The van der Waals surface area contributed by atoms with E-state index in [4.69, 9.17) is 9.79 Å². The number of imidazole rings is 1. The van der Waals surface area contributed by atoms with Crippen LogP contribution in [0, 0.1) is 0 Å². The van der Waals surface area contributed by atoms with Crippen molar-refractivity contribution in [1.29, 1.82) is 0 Å². The second kappa shape index (κ2) is 5.92. The van der Waals surface area contributed by atoms with Gasteiger partial charge < -0.3 is 25.4 Å². The number of aromatic amines is 1. The fourth-order valence-corrected chi connectivity index (χ4v) is 1.61. The van der Waals surface area contributed by atoms with Gasteiger partial charge in [0.2, 0.25) is 5.91 Å². The van der Waals surface area contributed by atoms with Crippen molar-refractivity contribution in [2.75, 3.05) is 13.3 Å². The van der Waals surface area contributed by atoms with E-state index in [2.05, 4.69) is 20.6 Å². The highest BCUT2D eigenvalue weighted by Crippen LogP contribution is 2.31. The molecule has 0 aliphatic rings. The molecule has 8 nitrogen and oxygen atoms in total. The van der Waals surface area contributed by atoms with E-state index in [1.54, 1.807) is 13.2 Å². The number of aromatic nitrogens is 2. The molecule has 0 saturated heterocycles. The van der Waals surface area contributed by atoms with E-state index < -0.39 is 25.8 Å². The molecule has 0 radical (unpaired) electrons. The highest BCUT2D eigenvalue weighted by Gasteiger charge is 2.20. The minimum Gasteiger partial charge on any atom is -0.348 e. The zero-order valence-corrected chi connectivity index (χ0v) is 10.1. The van der Waals surface area contributed by atoms with E-state index in [0.717, 1.165) is 5.69 Å². The van der Waals surface area contributed by atoms with Gasteiger partial charge in [-0.25, -0.2) is 4.98 Å². The number of rotatable bonds is 6. The summed E-state index contributed by atoms with van der Waals surface area (Å²) in [7, 11) is -2.62. The molecular formula is C8H15N4O4P. The molecule has 1 atom stereocenters. The summed E-state index contributed by atoms with van der Waals surface area (Å²) in [5.41, 5.74) is 0.760. The van der Waals surface area contributed by atoms with E-state index in [0.29, 0.717) is 6.42 Å². The van der Waals surface area contributed by atoms with Crippen LogP contribution in [0.2, 0.25) is 0 Å². The maximum Gasteiger partial charge on any atom is 0.344 e. The van der Waals surface area contributed by atoms with Crippen LogP contribution in [0.5, 0.6) is 0 Å². The molecule has 0 aliphatic carbocycles. The fourth-order valence-electron chi connectivity index (χ4n) is 1.25. The number of likely N-dealkylation sites (N-methyl/N-ethyl adjacent to an activating group) is 1. The van der Waals surface area contributed by atoms with Crippen molar-refractivity contribution >= 4 is 13.5 Å². The summed E-state index contributed by atoms with van der Waals surface area (Å²) in [4.78, 5) is 35.5. The Morgan fingerprint density at radius 2 is 2.35 bits per heavy atom. The summed E-state index contributed by atoms with van der Waals surface area (Å²) in [5.74, 6) is -0.467. The fraction of sp³-hybridized carbons (Fsp3) is 0.500. The maximum atomic E-state index is 11.6. The molecule has 0 fully saturated rings. The van der Waals surface area contributed by atoms with Crippen molar-refractivity contribution in [3.05, 3.63) is 18.2 Å². The zero-order chi connectivity index (χ0) is 12.9. The molecule has 1 rings (SSSR count). The number of carbonyl (C=O) groups is 1. The molecule has 1 aromatic heterocycles. The molecule has 0 saturated carbocycles. The lowest BCUT2D eigenvalue weighted by Gasteiger charge is -2.15. The van der Waals surface area contributed by atoms with Crippen LogP contribution in [0.1, 0.15) is 5.69 Å². The van der Waals surface area contributed by atoms with Crippen LogP contribution >= 0.6 is 7.60 Å². The van der Waals surface area contributed by atoms with Gasteiger partial charge in [-0.05, 0) is 7.05 Å². The SMILES string of the molecule is CN[C@@H](Cc1cnc[nH]1)C(=O)NCP(=O)(O)O. The molecule has 0 aliphatic heterocycles. The average molecular weight is 262 g/mol. The molecule has 0 bridgehead atoms. The van der Waals surface area contributed by atoms with Gasteiger partial charge in [0.05, 0.1) is 12.4 Å². The van der Waals surface area contributed by atoms with E-state index in [-0.39, 0.29) is 0 Å². The topological polar surface area (TPSA) is 127 Å². The van der Waals surface area contributed by atoms with Crippen molar-refractivity contribution in [3.63, 3.8) is 0 Å². The Bertz CT molecular complexity index is 402. The smallest absolute Gasteiger partial charge is 0.344 e. The Labute approximate surface area is 98.0 Å². The third-order valence-electron chi connectivity index (χ3n) is 2.10. The summed E-state index contributed by atoms with van der Waals surface area (Å²) in [5, 5.41) is 4.95. The number of amides is 1. The van der Waals surface area contributed by atoms with Crippen LogP contribution in [-0.4, -0.2) is 45.0 Å². The van der Waals surface area contributed by atoms with Crippen LogP contribution in [-0.2, 0) is 15.8 Å². The van der Waals surface area contributed by atoms with Crippen LogP contribution < -0.4 is 10.6 Å². The second-order valence-corrected chi connectivity index (χ2v) is 5.13. The first-order valence-electron chi connectivity index (χ1n) is 4.89. The van der Waals surface area contributed by atoms with Gasteiger partial charge in [0.25, 0.3) is 0 Å². The number of hydrogen-bond donors (Lipinski definition) is 5. The number of H-pyrrole nitrogens is 1. The quantitative estimate of drug-likeness (QED) is 0.409. The van der Waals surface area contributed by atoms with Crippen molar-refractivity contribution in [1.82, 2.24) is 20.6 Å². The molecule has 0 spiro atoms. The minimum absolute atomic E-state index is 0.365. The molecule has 1 heterocycles. The van der Waals surface area contributed by atoms with Gasteiger partial charge in [0.1, 0.15) is 6.29 Å². The van der Waals surface area contributed by atoms with Crippen molar-refractivity contribution in [3.8, 4) is 0 Å². The summed E-state index contributed by atoms with van der Waals surface area (Å²) < 4.78 is 10.6. The normalized spacial score (nSPS) is 13.4. The average Bonchev–Trinajstić information content (AvgIpc) is 2.74. The molecule has 9 heteroatoms. The van der Waals surface area contributed by atoms with Gasteiger partial charge in [-0.2, -0.15) is 0 Å². The monoisotopic (exact) mass is 262 g/mol. The van der Waals surface area contributed by atoms with Crippen LogP contribution in [0.3, 0.4) is 0 Å². The highest BCUT2D eigenvalue weighted by atomic mass is 31.2. The Hall–Kier alpha value is -1.21. The van der Waals surface area contributed by atoms with Gasteiger partial charge in [-0.3, -0.25) is 9.36 Å². The second-order valence-electron chi connectivity index (χ2n) is 3.49. The first kappa shape index (κ1) is 13.9. The lowest BCUT2D eigenvalue weighted by molar-refractivity contribution is -0.122. The largest absolute Gasteiger partial charge is 0.348 e. The van der Waals surface area contributed by atoms with E-state index in [1.165, 1.54) is 6.33 Å². The minimum atomic E-state index is -4.22. The molecule has 0 aromatic carbocycles. The Morgan fingerprint density at radius 3 is 2.82 bits per heavy atom. The summed E-state index contributed by atoms with van der Waals surface area (Å²) in [6.45, 7) is 0. The lowest BCUT2D eigenvalue weighted by Crippen LogP contribution is -2.44. The highest BCUT2D eigenvalue weighted by molar-refractivity contribution is 7.51. The molecule has 96 valence electrons. The van der Waals surface area contributed by atoms with E-state index in [9.17, 15) is 9.36 Å². The maximum absolute atomic E-state index is 11.6. The third kappa shape index (κ3) is 5.10. The van der Waals surface area contributed by atoms with Crippen LogP contribution in [0.15, 0.2) is 12.5 Å². The number of hydrogen-bond acceptors (Lipinski definition) is 4. The van der Waals surface area contributed by atoms with Crippen molar-refractivity contribution < 1.29 is 19.1 Å². The zero-order valence-electron chi connectivity index (χ0n) is 9.25. The molecule has 17 heavy (non-hydrogen) atoms. The first-order chi connectivity index (χ1) is 7.92. The molecule has 0 unspecified atom stereocenters. The molecule has 1 amide bonds. The van der Waals surface area contributed by atoms with Gasteiger partial charge in [0.15, 0.2) is 0 Å². The van der Waals surface area contributed by atoms with Gasteiger partial charge >= 0.3 is 7.60 Å². The Morgan fingerprint density at radius 1 is 1.65 bits per heavy atom. The number of nitrogens with one attached hydrogen (secondary N) is 3. The van der Waals surface area contributed by atoms with E-state index >= 15 is 0 Å². The predicted molar refractivity (Wildman–Crippen MR) is 60.2 cm³/mol. The summed E-state index contributed by atoms with van der Waals surface area (Å²) in [6.07, 6.45) is 2.78. The van der Waals surface area contributed by atoms with Gasteiger partial charge in [-0.15, -0.1) is 0 Å². The Balaban J connectivity index is 2.50.